The lowest BCUT2D eigenvalue weighted by molar-refractivity contribution is -0.121. The first kappa shape index (κ1) is 18.4. The van der Waals surface area contributed by atoms with Gasteiger partial charge in [-0.25, -0.2) is 0 Å². The molecule has 1 aliphatic rings. The lowest BCUT2D eigenvalue weighted by Gasteiger charge is -2.32. The Balaban J connectivity index is 2.20. The number of likely N-dealkylation sites (tertiary alicyclic amines) is 1. The molecule has 0 radical (unpaired) electrons. The normalized spacial score (nSPS) is 19.5. The molecule has 0 aromatic rings. The fourth-order valence-corrected chi connectivity index (χ4v) is 3.18. The maximum Gasteiger partial charge on any atom is 0.220 e. The molecule has 0 aromatic heterocycles. The molecule has 124 valence electrons. The van der Waals surface area contributed by atoms with Gasteiger partial charge in [0.1, 0.15) is 0 Å². The van der Waals surface area contributed by atoms with E-state index in [9.17, 15) is 4.79 Å². The minimum absolute atomic E-state index is 0.196. The minimum atomic E-state index is 0.196. The van der Waals surface area contributed by atoms with E-state index in [1.54, 1.807) is 0 Å². The molecule has 2 atom stereocenters. The number of carbonyl (C=O) groups excluding carboxylic acids is 1. The van der Waals surface area contributed by atoms with Gasteiger partial charge >= 0.3 is 0 Å². The molecule has 4 nitrogen and oxygen atoms in total. The molecule has 1 amide bonds. The molecule has 3 N–H and O–H groups in total. The number of nitrogens with two attached hydrogens (primary N) is 1. The second kappa shape index (κ2) is 10.2. The van der Waals surface area contributed by atoms with Crippen molar-refractivity contribution in [2.24, 2.45) is 17.6 Å². The first-order valence-electron chi connectivity index (χ1n) is 8.75. The average molecular weight is 297 g/mol. The van der Waals surface area contributed by atoms with Crippen molar-refractivity contribution in [3.8, 4) is 0 Å². The fourth-order valence-electron chi connectivity index (χ4n) is 3.18. The van der Waals surface area contributed by atoms with Crippen LogP contribution in [0.15, 0.2) is 0 Å². The zero-order valence-corrected chi connectivity index (χ0v) is 14.2. The molecule has 1 rings (SSSR count). The summed E-state index contributed by atoms with van der Waals surface area (Å²) in [6, 6.07) is 0.458. The quantitative estimate of drug-likeness (QED) is 0.687. The van der Waals surface area contributed by atoms with Crippen molar-refractivity contribution in [1.82, 2.24) is 10.2 Å². The van der Waals surface area contributed by atoms with E-state index in [-0.39, 0.29) is 5.91 Å². The smallest absolute Gasteiger partial charge is 0.220 e. The maximum atomic E-state index is 12.0. The van der Waals surface area contributed by atoms with E-state index in [1.165, 1.54) is 32.4 Å². The molecule has 21 heavy (non-hydrogen) atoms. The molecule has 1 heterocycles. The van der Waals surface area contributed by atoms with E-state index >= 15 is 0 Å². The highest BCUT2D eigenvalue weighted by Crippen LogP contribution is 2.20. The van der Waals surface area contributed by atoms with Gasteiger partial charge in [-0.3, -0.25) is 9.69 Å². The summed E-state index contributed by atoms with van der Waals surface area (Å²) in [5.41, 5.74) is 5.65. The van der Waals surface area contributed by atoms with Crippen LogP contribution in [0.2, 0.25) is 0 Å². The molecule has 1 saturated heterocycles. The van der Waals surface area contributed by atoms with Crippen molar-refractivity contribution in [2.75, 3.05) is 26.2 Å². The molecule has 0 saturated carbocycles. The Hall–Kier alpha value is -0.610. The summed E-state index contributed by atoms with van der Waals surface area (Å²) in [4.78, 5) is 14.5. The highest BCUT2D eigenvalue weighted by molar-refractivity contribution is 5.75. The summed E-state index contributed by atoms with van der Waals surface area (Å²) < 4.78 is 0. The molecule has 0 aliphatic carbocycles. The Morgan fingerprint density at radius 1 is 1.14 bits per heavy atom. The molecular weight excluding hydrogens is 262 g/mol. The second-order valence-electron chi connectivity index (χ2n) is 6.87. The molecule has 1 fully saturated rings. The molecule has 4 heteroatoms. The molecule has 2 unspecified atom stereocenters. The van der Waals surface area contributed by atoms with Crippen LogP contribution in [0.25, 0.3) is 0 Å². The lowest BCUT2D eigenvalue weighted by atomic mass is 9.88. The third kappa shape index (κ3) is 7.28. The third-order valence-electron chi connectivity index (χ3n) is 4.83. The maximum absolute atomic E-state index is 12.0. The average Bonchev–Trinajstić information content (AvgIpc) is 2.49. The van der Waals surface area contributed by atoms with Crippen molar-refractivity contribution in [3.05, 3.63) is 0 Å². The van der Waals surface area contributed by atoms with Gasteiger partial charge in [0.05, 0.1) is 0 Å². The first-order chi connectivity index (χ1) is 10.0. The Labute approximate surface area is 130 Å². The lowest BCUT2D eigenvalue weighted by Crippen LogP contribution is -2.44. The predicted octanol–water partition coefficient (Wildman–Crippen LogP) is 2.38. The molecule has 1 aliphatic heterocycles. The van der Waals surface area contributed by atoms with Gasteiger partial charge < -0.3 is 11.1 Å². The topological polar surface area (TPSA) is 58.4 Å². The van der Waals surface area contributed by atoms with Gasteiger partial charge in [0, 0.05) is 19.0 Å². The van der Waals surface area contributed by atoms with Crippen LogP contribution in [0.1, 0.15) is 59.3 Å². The first-order valence-corrected chi connectivity index (χ1v) is 8.75. The molecule has 0 bridgehead atoms. The summed E-state index contributed by atoms with van der Waals surface area (Å²) in [7, 11) is 0. The van der Waals surface area contributed by atoms with Crippen LogP contribution < -0.4 is 11.1 Å². The summed E-state index contributed by atoms with van der Waals surface area (Å²) in [6.45, 7) is 10.5. The third-order valence-corrected chi connectivity index (χ3v) is 4.83. The van der Waals surface area contributed by atoms with E-state index in [0.29, 0.717) is 24.3 Å². The number of nitrogens with zero attached hydrogens (tertiary/aromatic N) is 1. The number of hydrogen-bond acceptors (Lipinski definition) is 3. The summed E-state index contributed by atoms with van der Waals surface area (Å²) in [6.07, 6.45) is 6.57. The van der Waals surface area contributed by atoms with Crippen LogP contribution in [0.4, 0.5) is 0 Å². The Morgan fingerprint density at radius 2 is 1.81 bits per heavy atom. The van der Waals surface area contributed by atoms with Gasteiger partial charge in [0.2, 0.25) is 5.91 Å². The van der Waals surface area contributed by atoms with Crippen molar-refractivity contribution in [1.29, 1.82) is 0 Å². The monoisotopic (exact) mass is 297 g/mol. The highest BCUT2D eigenvalue weighted by atomic mass is 16.1. The number of hydrogen-bond donors (Lipinski definition) is 2. The van der Waals surface area contributed by atoms with Crippen LogP contribution >= 0.6 is 0 Å². The van der Waals surface area contributed by atoms with E-state index in [4.69, 9.17) is 5.73 Å². The van der Waals surface area contributed by atoms with E-state index in [1.807, 2.05) is 0 Å². The number of rotatable bonds is 9. The minimum Gasteiger partial charge on any atom is -0.355 e. The van der Waals surface area contributed by atoms with Crippen LogP contribution in [-0.4, -0.2) is 43.0 Å². The van der Waals surface area contributed by atoms with Crippen LogP contribution in [-0.2, 0) is 4.79 Å². The van der Waals surface area contributed by atoms with Crippen LogP contribution in [0.3, 0.4) is 0 Å². The Morgan fingerprint density at radius 3 is 2.38 bits per heavy atom. The zero-order chi connectivity index (χ0) is 15.7. The van der Waals surface area contributed by atoms with Gasteiger partial charge in [0.25, 0.3) is 0 Å². The Kier molecular flexibility index (Phi) is 8.93. The number of nitrogens with one attached hydrogen (secondary N) is 1. The van der Waals surface area contributed by atoms with E-state index in [0.717, 1.165) is 25.9 Å². The summed E-state index contributed by atoms with van der Waals surface area (Å²) in [5, 5.41) is 3.10. The summed E-state index contributed by atoms with van der Waals surface area (Å²) in [5.74, 6) is 1.37. The van der Waals surface area contributed by atoms with E-state index < -0.39 is 0 Å². The Bertz CT molecular complexity index is 288. The molecule has 0 spiro atoms. The van der Waals surface area contributed by atoms with Crippen LogP contribution in [0.5, 0.6) is 0 Å². The molecular formula is C17H35N3O. The van der Waals surface area contributed by atoms with Crippen LogP contribution in [0, 0.1) is 11.8 Å². The van der Waals surface area contributed by atoms with Crippen molar-refractivity contribution in [3.63, 3.8) is 0 Å². The predicted molar refractivity (Wildman–Crippen MR) is 89.1 cm³/mol. The van der Waals surface area contributed by atoms with Gasteiger partial charge in [-0.05, 0) is 64.1 Å². The zero-order valence-electron chi connectivity index (χ0n) is 14.2. The standard InChI is InChI=1S/C17H35N3O/c1-14(2)16(9-10-18)7-8-17(21)19-13-15(3)20-11-5-4-6-12-20/h14-16H,4-13,18H2,1-3H3,(H,19,21). The number of piperidine rings is 1. The van der Waals surface area contributed by atoms with Crippen molar-refractivity contribution >= 4 is 5.91 Å². The molecule has 0 aromatic carbocycles. The fraction of sp³-hybridized carbons (Fsp3) is 0.941. The second-order valence-corrected chi connectivity index (χ2v) is 6.87. The van der Waals surface area contributed by atoms with Crippen molar-refractivity contribution < 1.29 is 4.79 Å². The van der Waals surface area contributed by atoms with Gasteiger partial charge in [-0.15, -0.1) is 0 Å². The number of carbonyl (C=O) groups is 1. The highest BCUT2D eigenvalue weighted by Gasteiger charge is 2.18. The van der Waals surface area contributed by atoms with Crippen molar-refractivity contribution in [2.45, 2.75) is 65.3 Å². The number of amides is 1. The SMILES string of the molecule is CC(C)C(CCN)CCC(=O)NCC(C)N1CCCCC1. The van der Waals surface area contributed by atoms with Gasteiger partial charge in [0.15, 0.2) is 0 Å². The van der Waals surface area contributed by atoms with Gasteiger partial charge in [-0.2, -0.15) is 0 Å². The van der Waals surface area contributed by atoms with Gasteiger partial charge in [-0.1, -0.05) is 20.3 Å². The summed E-state index contributed by atoms with van der Waals surface area (Å²) >= 11 is 0. The largest absolute Gasteiger partial charge is 0.355 e. The van der Waals surface area contributed by atoms with E-state index in [2.05, 4.69) is 31.0 Å².